The van der Waals surface area contributed by atoms with Gasteiger partial charge in [0.1, 0.15) is 0 Å². The van der Waals surface area contributed by atoms with Crippen LogP contribution in [0.5, 0.6) is 0 Å². The molecule has 0 aliphatic rings. The quantitative estimate of drug-likeness (QED) is 0.0368. The second kappa shape index (κ2) is 44.5. The molecule has 1 amide bonds. The number of carbonyl (C=O) groups excluding carboxylic acids is 1. The van der Waals surface area contributed by atoms with E-state index < -0.39 is 18.2 Å². The van der Waals surface area contributed by atoms with Crippen LogP contribution in [-0.4, -0.2) is 46.1 Å². The molecule has 3 atom stereocenters. The zero-order valence-corrected chi connectivity index (χ0v) is 36.4. The summed E-state index contributed by atoms with van der Waals surface area (Å²) in [7, 11) is 0. The summed E-state index contributed by atoms with van der Waals surface area (Å²) in [6.07, 6.45) is 55.1. The fourth-order valence-corrected chi connectivity index (χ4v) is 7.53. The van der Waals surface area contributed by atoms with Crippen molar-refractivity contribution in [2.24, 2.45) is 0 Å². The third-order valence-electron chi connectivity index (χ3n) is 11.2. The van der Waals surface area contributed by atoms with Crippen molar-refractivity contribution in [3.05, 3.63) is 24.3 Å². The number of aliphatic hydroxyl groups is 3. The fraction of sp³-hybridized carbons (Fsp3) is 0.898. The van der Waals surface area contributed by atoms with Gasteiger partial charge in [0.2, 0.25) is 5.91 Å². The lowest BCUT2D eigenvalue weighted by Crippen LogP contribution is -2.45. The number of carbonyl (C=O) groups is 1. The highest BCUT2D eigenvalue weighted by Gasteiger charge is 2.20. The number of nitrogens with one attached hydrogen (secondary N) is 1. The zero-order valence-electron chi connectivity index (χ0n) is 36.4. The first-order chi connectivity index (χ1) is 26.5. The molecule has 0 aromatic rings. The van der Waals surface area contributed by atoms with Gasteiger partial charge in [0, 0.05) is 0 Å². The van der Waals surface area contributed by atoms with Crippen molar-refractivity contribution in [2.75, 3.05) is 6.61 Å². The molecule has 0 saturated carbocycles. The zero-order chi connectivity index (χ0) is 39.4. The number of unbranched alkanes of at least 4 members (excludes halogenated alkanes) is 33. The van der Waals surface area contributed by atoms with Gasteiger partial charge in [-0.1, -0.05) is 244 Å². The number of rotatable bonds is 44. The van der Waals surface area contributed by atoms with Crippen molar-refractivity contribution in [3.8, 4) is 0 Å². The highest BCUT2D eigenvalue weighted by atomic mass is 16.3. The van der Waals surface area contributed by atoms with Crippen molar-refractivity contribution in [1.82, 2.24) is 5.32 Å². The lowest BCUT2D eigenvalue weighted by atomic mass is 10.0. The molecule has 4 N–H and O–H groups in total. The molecule has 0 saturated heterocycles. The van der Waals surface area contributed by atoms with E-state index >= 15 is 0 Å². The predicted molar refractivity (Wildman–Crippen MR) is 236 cm³/mol. The van der Waals surface area contributed by atoms with Gasteiger partial charge in [0.15, 0.2) is 0 Å². The average Bonchev–Trinajstić information content (AvgIpc) is 3.16. The molecule has 0 aromatic heterocycles. The van der Waals surface area contributed by atoms with E-state index in [1.165, 1.54) is 199 Å². The Morgan fingerprint density at radius 3 is 1.19 bits per heavy atom. The molecule has 0 fully saturated rings. The summed E-state index contributed by atoms with van der Waals surface area (Å²) in [4.78, 5) is 12.4. The number of hydrogen-bond acceptors (Lipinski definition) is 4. The molecule has 0 spiro atoms. The van der Waals surface area contributed by atoms with Gasteiger partial charge in [-0.25, -0.2) is 0 Å². The second-order valence-corrected chi connectivity index (χ2v) is 16.7. The molecule has 0 rings (SSSR count). The van der Waals surface area contributed by atoms with Crippen LogP contribution in [0, 0.1) is 0 Å². The molecule has 3 unspecified atom stereocenters. The topological polar surface area (TPSA) is 89.8 Å². The van der Waals surface area contributed by atoms with Crippen LogP contribution < -0.4 is 5.32 Å². The normalized spacial score (nSPS) is 13.6. The third-order valence-corrected chi connectivity index (χ3v) is 11.2. The molecule has 0 heterocycles. The summed E-state index contributed by atoms with van der Waals surface area (Å²) in [5.74, 6) is -0.324. The Labute approximate surface area is 337 Å². The molecule has 5 nitrogen and oxygen atoms in total. The van der Waals surface area contributed by atoms with Crippen LogP contribution in [-0.2, 0) is 4.79 Å². The minimum absolute atomic E-state index is 0.00925. The summed E-state index contributed by atoms with van der Waals surface area (Å²) < 4.78 is 0. The lowest BCUT2D eigenvalue weighted by molar-refractivity contribution is -0.124. The molecule has 0 aliphatic heterocycles. The van der Waals surface area contributed by atoms with Crippen LogP contribution in [0.2, 0.25) is 0 Å². The Hall–Kier alpha value is -1.17. The first-order valence-electron chi connectivity index (χ1n) is 24.1. The molecule has 0 aromatic carbocycles. The number of allylic oxidation sites excluding steroid dienone is 3. The second-order valence-electron chi connectivity index (χ2n) is 16.7. The first-order valence-corrected chi connectivity index (χ1v) is 24.1. The minimum Gasteiger partial charge on any atom is -0.394 e. The van der Waals surface area contributed by atoms with E-state index in [4.69, 9.17) is 0 Å². The smallest absolute Gasteiger partial charge is 0.222 e. The van der Waals surface area contributed by atoms with Crippen LogP contribution in [0.1, 0.15) is 258 Å². The molecule has 320 valence electrons. The SMILES string of the molecule is CCCCC/C=C/CC/C=C/C(O)C(CO)NC(=O)CC(O)CCCCCCCCCCCCCCCCCCCCCCCCCCCCCCCC. The highest BCUT2D eigenvalue weighted by molar-refractivity contribution is 5.76. The van der Waals surface area contributed by atoms with Gasteiger partial charge in [-0.15, -0.1) is 0 Å². The molecule has 0 aliphatic carbocycles. The Kier molecular flexibility index (Phi) is 43.6. The van der Waals surface area contributed by atoms with Gasteiger partial charge in [-0.3, -0.25) is 4.79 Å². The Morgan fingerprint density at radius 2 is 0.796 bits per heavy atom. The molecular formula is C49H95NO4. The van der Waals surface area contributed by atoms with Crippen molar-refractivity contribution in [3.63, 3.8) is 0 Å². The molecule has 0 radical (unpaired) electrons. The van der Waals surface area contributed by atoms with E-state index in [2.05, 4.69) is 31.3 Å². The number of amides is 1. The first kappa shape index (κ1) is 52.8. The summed E-state index contributed by atoms with van der Waals surface area (Å²) in [5.41, 5.74) is 0. The van der Waals surface area contributed by atoms with E-state index in [1.54, 1.807) is 6.08 Å². The van der Waals surface area contributed by atoms with E-state index in [1.807, 2.05) is 6.08 Å². The van der Waals surface area contributed by atoms with Crippen LogP contribution in [0.4, 0.5) is 0 Å². The maximum Gasteiger partial charge on any atom is 0.222 e. The number of hydrogen-bond donors (Lipinski definition) is 4. The molecule has 54 heavy (non-hydrogen) atoms. The van der Waals surface area contributed by atoms with Crippen LogP contribution in [0.15, 0.2) is 24.3 Å². The predicted octanol–water partition coefficient (Wildman–Crippen LogP) is 14.2. The van der Waals surface area contributed by atoms with Crippen molar-refractivity contribution in [2.45, 2.75) is 276 Å². The molecule has 0 bridgehead atoms. The van der Waals surface area contributed by atoms with Gasteiger partial charge >= 0.3 is 0 Å². The van der Waals surface area contributed by atoms with E-state index in [0.29, 0.717) is 6.42 Å². The summed E-state index contributed by atoms with van der Waals surface area (Å²) in [6, 6.07) is -0.756. The standard InChI is InChI=1S/C49H95NO4/c1-3-5-7-9-11-13-14-15-16-17-18-19-20-21-22-23-24-25-26-27-28-29-30-31-32-33-35-36-38-40-42-46(52)44-49(54)50-47(45-51)48(53)43-41-39-37-34-12-10-8-6-4-2/h12,34,41,43,46-48,51-53H,3-11,13-33,35-40,42,44-45H2,1-2H3,(H,50,54)/b34-12+,43-41+. The van der Waals surface area contributed by atoms with Gasteiger partial charge in [0.05, 0.1) is 31.3 Å². The highest BCUT2D eigenvalue weighted by Crippen LogP contribution is 2.17. The van der Waals surface area contributed by atoms with Crippen LogP contribution in [0.3, 0.4) is 0 Å². The Morgan fingerprint density at radius 1 is 0.463 bits per heavy atom. The van der Waals surface area contributed by atoms with E-state index in [0.717, 1.165) is 32.1 Å². The Balaban J connectivity index is 3.46. The van der Waals surface area contributed by atoms with Crippen molar-refractivity contribution < 1.29 is 20.1 Å². The van der Waals surface area contributed by atoms with E-state index in [-0.39, 0.29) is 18.9 Å². The average molecular weight is 762 g/mol. The van der Waals surface area contributed by atoms with Crippen molar-refractivity contribution >= 4 is 5.91 Å². The summed E-state index contributed by atoms with van der Waals surface area (Å²) in [5, 5.41) is 33.1. The van der Waals surface area contributed by atoms with E-state index in [9.17, 15) is 20.1 Å². The Bertz CT molecular complexity index is 799. The lowest BCUT2D eigenvalue weighted by Gasteiger charge is -2.21. The van der Waals surface area contributed by atoms with Crippen LogP contribution in [0.25, 0.3) is 0 Å². The largest absolute Gasteiger partial charge is 0.394 e. The molecular weight excluding hydrogens is 667 g/mol. The summed E-state index contributed by atoms with van der Waals surface area (Å²) in [6.45, 7) is 4.16. The maximum atomic E-state index is 12.4. The molecule has 5 heteroatoms. The van der Waals surface area contributed by atoms with Gasteiger partial charge < -0.3 is 20.6 Å². The third kappa shape index (κ3) is 40.5. The monoisotopic (exact) mass is 762 g/mol. The fourth-order valence-electron chi connectivity index (χ4n) is 7.53. The minimum atomic E-state index is -0.946. The van der Waals surface area contributed by atoms with Crippen molar-refractivity contribution in [1.29, 1.82) is 0 Å². The number of aliphatic hydroxyl groups excluding tert-OH is 3. The van der Waals surface area contributed by atoms with Crippen LogP contribution >= 0.6 is 0 Å². The van der Waals surface area contributed by atoms with Gasteiger partial charge in [-0.2, -0.15) is 0 Å². The van der Waals surface area contributed by atoms with Gasteiger partial charge in [-0.05, 0) is 32.1 Å². The maximum absolute atomic E-state index is 12.4. The van der Waals surface area contributed by atoms with Gasteiger partial charge in [0.25, 0.3) is 0 Å². The summed E-state index contributed by atoms with van der Waals surface area (Å²) >= 11 is 0.